The van der Waals surface area contributed by atoms with Crippen LogP contribution in [0, 0.1) is 12.8 Å². The van der Waals surface area contributed by atoms with Gasteiger partial charge < -0.3 is 27.8 Å². The minimum absolute atomic E-state index is 0.0289. The van der Waals surface area contributed by atoms with Gasteiger partial charge >= 0.3 is 5.97 Å². The molecule has 0 aliphatic carbocycles. The van der Waals surface area contributed by atoms with Crippen LogP contribution in [0.3, 0.4) is 0 Å². The van der Waals surface area contributed by atoms with Crippen LogP contribution in [-0.4, -0.2) is 80.6 Å². The molecule has 66 heavy (non-hydrogen) atoms. The molecule has 4 rings (SSSR count). The summed E-state index contributed by atoms with van der Waals surface area (Å²) in [7, 11) is -6.59. The van der Waals surface area contributed by atoms with Crippen molar-refractivity contribution in [1.29, 1.82) is 0 Å². The predicted molar refractivity (Wildman–Crippen MR) is 280 cm³/mol. The topological polar surface area (TPSA) is 121 Å². The molecule has 0 saturated carbocycles. The lowest BCUT2D eigenvalue weighted by molar-refractivity contribution is -0.151. The van der Waals surface area contributed by atoms with Gasteiger partial charge in [-0.05, 0) is 103 Å². The van der Waals surface area contributed by atoms with Crippen molar-refractivity contribution in [1.82, 2.24) is 0 Å². The second-order valence-corrected chi connectivity index (χ2v) is 36.8. The first-order valence-electron chi connectivity index (χ1n) is 23.8. The molecule has 0 N–H and O–H groups in total. The molecule has 3 aromatic rings. The smallest absolute Gasteiger partial charge is 0.339 e. The van der Waals surface area contributed by atoms with E-state index in [2.05, 4.69) is 171 Å². The summed E-state index contributed by atoms with van der Waals surface area (Å²) < 4.78 is 40.5. The van der Waals surface area contributed by atoms with E-state index in [0.717, 1.165) is 11.6 Å². The van der Waals surface area contributed by atoms with Gasteiger partial charge in [-0.3, -0.25) is 0 Å². The van der Waals surface area contributed by atoms with Gasteiger partial charge in [-0.2, -0.15) is 0 Å². The number of aryl methyl sites for hydroxylation is 1. The summed E-state index contributed by atoms with van der Waals surface area (Å²) in [5.74, 6) is -0.659. The molecule has 0 spiro atoms. The van der Waals surface area contributed by atoms with E-state index in [-0.39, 0.29) is 34.2 Å². The van der Waals surface area contributed by atoms with E-state index in [1.807, 2.05) is 45.1 Å². The van der Waals surface area contributed by atoms with Gasteiger partial charge in [0.25, 0.3) is 8.32 Å². The summed E-state index contributed by atoms with van der Waals surface area (Å²) in [5.41, 5.74) is 10.7. The van der Waals surface area contributed by atoms with Crippen LogP contribution in [0.25, 0.3) is 16.5 Å². The minimum Gasteiger partial charge on any atom is -0.493 e. The second-order valence-electron chi connectivity index (χ2n) is 22.1. The zero-order chi connectivity index (χ0) is 49.1. The lowest BCUT2D eigenvalue weighted by atomic mass is 9.98. The quantitative estimate of drug-likeness (QED) is 0.0187. The van der Waals surface area contributed by atoms with Crippen molar-refractivity contribution in [3.8, 4) is 5.75 Å². The van der Waals surface area contributed by atoms with Crippen molar-refractivity contribution in [3.63, 3.8) is 0 Å². The predicted octanol–water partition coefficient (Wildman–Crippen LogP) is 13.0. The maximum absolute atomic E-state index is 13.8. The highest BCUT2D eigenvalue weighted by molar-refractivity contribution is 6.99. The molecule has 1 heterocycles. The number of hydrogen-bond donors (Lipinski definition) is 0. The van der Waals surface area contributed by atoms with E-state index in [4.69, 9.17) is 33.3 Å². The van der Waals surface area contributed by atoms with Crippen LogP contribution in [0.1, 0.15) is 104 Å². The van der Waals surface area contributed by atoms with Crippen molar-refractivity contribution >= 4 is 47.1 Å². The molecule has 10 nitrogen and oxygen atoms in total. The molecule has 1 aliphatic heterocycles. The highest BCUT2D eigenvalue weighted by atomic mass is 28.4. The first-order chi connectivity index (χ1) is 30.7. The maximum Gasteiger partial charge on any atom is 0.339 e. The van der Waals surface area contributed by atoms with Crippen LogP contribution in [0.5, 0.6) is 5.75 Å². The van der Waals surface area contributed by atoms with Crippen LogP contribution in [0.4, 0.5) is 0 Å². The van der Waals surface area contributed by atoms with Gasteiger partial charge in [-0.1, -0.05) is 164 Å². The normalized spacial score (nSPS) is 18.5. The highest BCUT2D eigenvalue weighted by Gasteiger charge is 2.52. The van der Waals surface area contributed by atoms with Gasteiger partial charge in [-0.15, -0.1) is 0 Å². The van der Waals surface area contributed by atoms with Crippen LogP contribution in [0.2, 0.25) is 48.9 Å². The van der Waals surface area contributed by atoms with E-state index < -0.39 is 42.7 Å². The molecule has 0 amide bonds. The summed E-state index contributed by atoms with van der Waals surface area (Å²) in [6.07, 6.45) is 8.10. The van der Waals surface area contributed by atoms with Crippen molar-refractivity contribution in [2.45, 2.75) is 168 Å². The van der Waals surface area contributed by atoms with Crippen LogP contribution in [0.15, 0.2) is 96.1 Å². The van der Waals surface area contributed by atoms with E-state index in [0.29, 0.717) is 49.5 Å². The molecule has 1 aliphatic rings. The Labute approximate surface area is 400 Å². The first-order valence-corrected chi connectivity index (χ1v) is 32.4. The summed E-state index contributed by atoms with van der Waals surface area (Å²) in [4.78, 5) is 16.7. The fourth-order valence-electron chi connectivity index (χ4n) is 8.05. The molecule has 1 fully saturated rings. The second kappa shape index (κ2) is 23.0. The van der Waals surface area contributed by atoms with Crippen LogP contribution in [-0.2, 0) is 23.1 Å². The number of carbonyl (C=O) groups excluding carboxylic acids is 1. The Bertz CT molecular complexity index is 2100. The zero-order valence-electron chi connectivity index (χ0n) is 43.1. The maximum atomic E-state index is 13.8. The lowest BCUT2D eigenvalue weighted by Crippen LogP contribution is -2.67. The fraction of sp³-hybridized carbons (Fsp3) is 0.566. The number of hydrogen-bond acceptors (Lipinski definition) is 8. The molecule has 362 valence electrons. The Morgan fingerprint density at radius 1 is 0.848 bits per heavy atom. The molecular weight excluding hydrogens is 875 g/mol. The summed E-state index contributed by atoms with van der Waals surface area (Å²) in [5, 5.41) is 5.94. The highest BCUT2D eigenvalue weighted by Crippen LogP contribution is 2.42. The summed E-state index contributed by atoms with van der Waals surface area (Å²) in [6.45, 7) is 36.3. The number of azide groups is 1. The van der Waals surface area contributed by atoms with E-state index >= 15 is 0 Å². The van der Waals surface area contributed by atoms with Gasteiger partial charge in [0, 0.05) is 31.2 Å². The molecule has 0 aromatic heterocycles. The van der Waals surface area contributed by atoms with Gasteiger partial charge in [-0.25, -0.2) is 4.79 Å². The molecule has 13 heteroatoms. The monoisotopic (exact) mass is 956 g/mol. The van der Waals surface area contributed by atoms with Crippen molar-refractivity contribution in [3.05, 3.63) is 118 Å². The van der Waals surface area contributed by atoms with Crippen molar-refractivity contribution in [2.75, 3.05) is 19.8 Å². The Kier molecular flexibility index (Phi) is 19.1. The van der Waals surface area contributed by atoms with E-state index in [1.54, 1.807) is 0 Å². The summed E-state index contributed by atoms with van der Waals surface area (Å²) in [6, 6.07) is 26.2. The average Bonchev–Trinajstić information content (AvgIpc) is 3.54. The largest absolute Gasteiger partial charge is 0.493 e. The third-order valence-electron chi connectivity index (χ3n) is 13.0. The number of rotatable bonds is 22. The van der Waals surface area contributed by atoms with Crippen LogP contribution < -0.4 is 15.1 Å². The Morgan fingerprint density at radius 2 is 1.45 bits per heavy atom. The van der Waals surface area contributed by atoms with Gasteiger partial charge in [0.15, 0.2) is 14.1 Å². The molecule has 0 radical (unpaired) electrons. The Balaban J connectivity index is 1.71. The Morgan fingerprint density at radius 3 is 2.00 bits per heavy atom. The van der Waals surface area contributed by atoms with Crippen molar-refractivity contribution in [2.24, 2.45) is 11.0 Å². The molecule has 5 atom stereocenters. The number of esters is 1. The van der Waals surface area contributed by atoms with Gasteiger partial charge in [0.2, 0.25) is 0 Å². The number of benzene rings is 3. The standard InChI is InChI=1S/C53H81N3O7Si3/c1-39(41(3)62-66(52(7,8)9,42-25-19-17-20-26-42)43-27-21-18-22-28-43)31-34-47(63-65(15,16)51(4,5)6)49-46(60-53(10,11)61-49)30-23-29-44-45(58-36-24-35-55-56-54)33-32-40(2)48(44)50(57)59-37-38-64(12,13)14/h17-23,25-29,31-34,39,41,46-47,49H,24,30,35-38H2,1-16H3/b29-23+,34-31-/t39-,41-,46+,47?,49-/m0/s1. The van der Waals surface area contributed by atoms with Gasteiger partial charge in [0.05, 0.1) is 31.0 Å². The van der Waals surface area contributed by atoms with E-state index in [1.165, 1.54) is 10.4 Å². The first kappa shape index (κ1) is 54.8. The van der Waals surface area contributed by atoms with Crippen LogP contribution >= 0.6 is 0 Å². The summed E-state index contributed by atoms with van der Waals surface area (Å²) >= 11 is 0. The third kappa shape index (κ3) is 14.6. The molecule has 1 saturated heterocycles. The number of carbonyl (C=O) groups is 1. The fourth-order valence-corrected chi connectivity index (χ4v) is 14.8. The SMILES string of the molecule is Cc1ccc(OCCCN=[N+]=[N-])c(/C=C/C[C@H]2OC(C)(C)O[C@@H]2C(/C=C\[C@H](C)[C@H](C)O[Si](c2ccccc2)(c2ccccc2)C(C)(C)C)O[Si](C)(C)C(C)(C)C)c1C(=O)OCC[Si](C)(C)C. The zero-order valence-corrected chi connectivity index (χ0v) is 46.1. The number of ether oxygens (including phenoxy) is 4. The minimum atomic E-state index is -2.80. The molecular formula is C53H81N3O7Si3. The number of nitrogens with zero attached hydrogens (tertiary/aromatic N) is 3. The van der Waals surface area contributed by atoms with Crippen molar-refractivity contribution < 1.29 is 32.6 Å². The molecule has 0 bridgehead atoms. The lowest BCUT2D eigenvalue weighted by Gasteiger charge is -2.45. The third-order valence-corrected chi connectivity index (χ3v) is 24.3. The Hall–Kier alpha value is -3.79. The average molecular weight is 957 g/mol. The molecule has 1 unspecified atom stereocenters. The molecule has 3 aromatic carbocycles. The van der Waals surface area contributed by atoms with E-state index in [9.17, 15) is 4.79 Å². The van der Waals surface area contributed by atoms with Gasteiger partial charge in [0.1, 0.15) is 11.9 Å².